The molecule has 2 N–H and O–H groups in total. The number of rotatable bonds is 2. The van der Waals surface area contributed by atoms with Crippen LogP contribution in [0.15, 0.2) is 24.5 Å². The lowest BCUT2D eigenvalue weighted by atomic mass is 10.1. The lowest BCUT2D eigenvalue weighted by Gasteiger charge is -2.10. The first-order chi connectivity index (χ1) is 7.59. The van der Waals surface area contributed by atoms with E-state index in [-0.39, 0.29) is 0 Å². The van der Waals surface area contributed by atoms with Gasteiger partial charge in [0.15, 0.2) is 5.82 Å². The van der Waals surface area contributed by atoms with Crippen molar-refractivity contribution in [3.8, 4) is 11.4 Å². The molecule has 84 valence electrons. The van der Waals surface area contributed by atoms with E-state index in [4.69, 9.17) is 5.73 Å². The van der Waals surface area contributed by atoms with Crippen LogP contribution in [-0.4, -0.2) is 14.8 Å². The van der Waals surface area contributed by atoms with Crippen molar-refractivity contribution in [2.75, 3.05) is 5.73 Å². The van der Waals surface area contributed by atoms with E-state index in [2.05, 4.69) is 24.0 Å². The second kappa shape index (κ2) is 3.96. The molecule has 0 unspecified atom stereocenters. The van der Waals surface area contributed by atoms with Crippen LogP contribution in [0.5, 0.6) is 0 Å². The lowest BCUT2D eigenvalue weighted by Crippen LogP contribution is -2.02. The third kappa shape index (κ3) is 1.78. The smallest absolute Gasteiger partial charge is 0.164 e. The molecule has 0 bridgehead atoms. The standard InChI is InChI=1S/C12H16N4/c1-8(2)16-7-14-15-12(16)10-5-4-9(3)11(13)6-10/h4-8H,13H2,1-3H3. The minimum Gasteiger partial charge on any atom is -0.398 e. The Morgan fingerprint density at radius 1 is 1.31 bits per heavy atom. The van der Waals surface area contributed by atoms with Gasteiger partial charge in [0.25, 0.3) is 0 Å². The highest BCUT2D eigenvalue weighted by Crippen LogP contribution is 2.23. The Morgan fingerprint density at radius 3 is 2.69 bits per heavy atom. The molecule has 0 radical (unpaired) electrons. The van der Waals surface area contributed by atoms with Gasteiger partial charge in [0, 0.05) is 17.3 Å². The largest absolute Gasteiger partial charge is 0.398 e. The molecule has 1 aromatic carbocycles. The molecular formula is C12H16N4. The Morgan fingerprint density at radius 2 is 2.06 bits per heavy atom. The maximum absolute atomic E-state index is 5.90. The normalized spacial score (nSPS) is 11.0. The number of nitrogen functional groups attached to an aromatic ring is 1. The van der Waals surface area contributed by atoms with Crippen LogP contribution < -0.4 is 5.73 Å². The molecule has 4 nitrogen and oxygen atoms in total. The van der Waals surface area contributed by atoms with E-state index in [0.29, 0.717) is 6.04 Å². The van der Waals surface area contributed by atoms with E-state index in [0.717, 1.165) is 22.6 Å². The molecule has 1 heterocycles. The van der Waals surface area contributed by atoms with Crippen molar-refractivity contribution in [1.29, 1.82) is 0 Å². The Labute approximate surface area is 95.1 Å². The van der Waals surface area contributed by atoms with Gasteiger partial charge in [0.2, 0.25) is 0 Å². The van der Waals surface area contributed by atoms with Crippen molar-refractivity contribution in [3.63, 3.8) is 0 Å². The number of benzene rings is 1. The maximum Gasteiger partial charge on any atom is 0.164 e. The van der Waals surface area contributed by atoms with E-state index in [1.165, 1.54) is 0 Å². The zero-order chi connectivity index (χ0) is 11.7. The molecule has 0 amide bonds. The van der Waals surface area contributed by atoms with Crippen LogP contribution in [0.2, 0.25) is 0 Å². The number of hydrogen-bond acceptors (Lipinski definition) is 3. The van der Waals surface area contributed by atoms with Crippen molar-refractivity contribution >= 4 is 5.69 Å². The molecule has 2 aromatic rings. The van der Waals surface area contributed by atoms with Crippen molar-refractivity contribution < 1.29 is 0 Å². The molecule has 2 rings (SSSR count). The summed E-state index contributed by atoms with van der Waals surface area (Å²) in [5, 5.41) is 8.08. The van der Waals surface area contributed by atoms with Gasteiger partial charge in [-0.2, -0.15) is 0 Å². The molecule has 4 heteroatoms. The molecule has 0 atom stereocenters. The Hall–Kier alpha value is -1.84. The number of nitrogens with two attached hydrogens (primary N) is 1. The quantitative estimate of drug-likeness (QED) is 0.784. The Kier molecular flexibility index (Phi) is 2.64. The van der Waals surface area contributed by atoms with Crippen LogP contribution in [0.25, 0.3) is 11.4 Å². The van der Waals surface area contributed by atoms with E-state index < -0.39 is 0 Å². The molecular weight excluding hydrogens is 200 g/mol. The molecule has 0 aliphatic carbocycles. The molecule has 0 saturated heterocycles. The van der Waals surface area contributed by atoms with Crippen molar-refractivity contribution in [1.82, 2.24) is 14.8 Å². The van der Waals surface area contributed by atoms with Crippen LogP contribution >= 0.6 is 0 Å². The van der Waals surface area contributed by atoms with E-state index in [1.807, 2.05) is 29.7 Å². The fraction of sp³-hybridized carbons (Fsp3) is 0.333. The highest BCUT2D eigenvalue weighted by atomic mass is 15.3. The molecule has 0 spiro atoms. The zero-order valence-corrected chi connectivity index (χ0v) is 9.81. The summed E-state index contributed by atoms with van der Waals surface area (Å²) in [7, 11) is 0. The minimum absolute atomic E-state index is 0.340. The summed E-state index contributed by atoms with van der Waals surface area (Å²) in [4.78, 5) is 0. The van der Waals surface area contributed by atoms with Crippen molar-refractivity contribution in [3.05, 3.63) is 30.1 Å². The topological polar surface area (TPSA) is 56.7 Å². The van der Waals surface area contributed by atoms with Gasteiger partial charge >= 0.3 is 0 Å². The van der Waals surface area contributed by atoms with Gasteiger partial charge in [0.05, 0.1) is 0 Å². The van der Waals surface area contributed by atoms with Crippen LogP contribution in [0.1, 0.15) is 25.5 Å². The second-order valence-corrected chi connectivity index (χ2v) is 4.23. The predicted octanol–water partition coefficient (Wildman–Crippen LogP) is 2.42. The fourth-order valence-corrected chi connectivity index (χ4v) is 1.61. The average Bonchev–Trinajstić information content (AvgIpc) is 2.71. The van der Waals surface area contributed by atoms with Crippen molar-refractivity contribution in [2.45, 2.75) is 26.8 Å². The van der Waals surface area contributed by atoms with Crippen LogP contribution in [0.3, 0.4) is 0 Å². The number of nitrogens with zero attached hydrogens (tertiary/aromatic N) is 3. The van der Waals surface area contributed by atoms with Gasteiger partial charge in [-0.3, -0.25) is 0 Å². The summed E-state index contributed by atoms with van der Waals surface area (Å²) < 4.78 is 2.03. The summed E-state index contributed by atoms with van der Waals surface area (Å²) in [5.74, 6) is 0.863. The average molecular weight is 216 g/mol. The number of anilines is 1. The first-order valence-electron chi connectivity index (χ1n) is 5.35. The molecule has 0 fully saturated rings. The van der Waals surface area contributed by atoms with E-state index in [9.17, 15) is 0 Å². The second-order valence-electron chi connectivity index (χ2n) is 4.23. The number of hydrogen-bond donors (Lipinski definition) is 1. The summed E-state index contributed by atoms with van der Waals surface area (Å²) in [5.41, 5.74) is 8.77. The predicted molar refractivity (Wildman–Crippen MR) is 65.0 cm³/mol. The minimum atomic E-state index is 0.340. The van der Waals surface area contributed by atoms with Crippen LogP contribution in [0, 0.1) is 6.92 Å². The van der Waals surface area contributed by atoms with Crippen LogP contribution in [0.4, 0.5) is 5.69 Å². The van der Waals surface area contributed by atoms with Gasteiger partial charge in [-0.05, 0) is 32.4 Å². The van der Waals surface area contributed by atoms with Crippen LogP contribution in [-0.2, 0) is 0 Å². The van der Waals surface area contributed by atoms with Crippen molar-refractivity contribution in [2.24, 2.45) is 0 Å². The molecule has 0 aliphatic rings. The molecule has 16 heavy (non-hydrogen) atoms. The molecule has 0 saturated carbocycles. The molecule has 0 aliphatic heterocycles. The van der Waals surface area contributed by atoms with Gasteiger partial charge in [0.1, 0.15) is 6.33 Å². The SMILES string of the molecule is Cc1ccc(-c2nncn2C(C)C)cc1N. The van der Waals surface area contributed by atoms with E-state index in [1.54, 1.807) is 6.33 Å². The van der Waals surface area contributed by atoms with Gasteiger partial charge in [-0.15, -0.1) is 10.2 Å². The highest BCUT2D eigenvalue weighted by Gasteiger charge is 2.10. The maximum atomic E-state index is 5.90. The highest BCUT2D eigenvalue weighted by molar-refractivity contribution is 5.63. The summed E-state index contributed by atoms with van der Waals surface area (Å²) >= 11 is 0. The van der Waals surface area contributed by atoms with Gasteiger partial charge < -0.3 is 10.3 Å². The Bertz CT molecular complexity index is 499. The fourth-order valence-electron chi connectivity index (χ4n) is 1.61. The van der Waals surface area contributed by atoms with Gasteiger partial charge in [-0.1, -0.05) is 12.1 Å². The first kappa shape index (κ1) is 10.7. The monoisotopic (exact) mass is 216 g/mol. The summed E-state index contributed by atoms with van der Waals surface area (Å²) in [6.07, 6.45) is 1.75. The molecule has 1 aromatic heterocycles. The number of aromatic nitrogens is 3. The third-order valence-corrected chi connectivity index (χ3v) is 2.67. The summed E-state index contributed by atoms with van der Waals surface area (Å²) in [6.45, 7) is 6.20. The number of aryl methyl sites for hydroxylation is 1. The third-order valence-electron chi connectivity index (χ3n) is 2.67. The van der Waals surface area contributed by atoms with E-state index >= 15 is 0 Å². The summed E-state index contributed by atoms with van der Waals surface area (Å²) in [6, 6.07) is 6.31. The first-order valence-corrected chi connectivity index (χ1v) is 5.35. The zero-order valence-electron chi connectivity index (χ0n) is 9.81. The Balaban J connectivity index is 2.50. The van der Waals surface area contributed by atoms with Gasteiger partial charge in [-0.25, -0.2) is 0 Å². The lowest BCUT2D eigenvalue weighted by molar-refractivity contribution is 0.604.